The van der Waals surface area contributed by atoms with Crippen LogP contribution in [0.5, 0.6) is 0 Å². The molecule has 1 amide bonds. The van der Waals surface area contributed by atoms with Gasteiger partial charge >= 0.3 is 5.97 Å². The highest BCUT2D eigenvalue weighted by Gasteiger charge is 2.25. The molecule has 1 aliphatic heterocycles. The van der Waals surface area contributed by atoms with Crippen molar-refractivity contribution in [3.8, 4) is 0 Å². The van der Waals surface area contributed by atoms with Crippen molar-refractivity contribution >= 4 is 17.6 Å². The van der Waals surface area contributed by atoms with Crippen molar-refractivity contribution in [3.63, 3.8) is 0 Å². The molecule has 5 heteroatoms. The van der Waals surface area contributed by atoms with Crippen molar-refractivity contribution < 1.29 is 14.3 Å². The first kappa shape index (κ1) is 12.4. The number of hydrogen-bond acceptors (Lipinski definition) is 4. The van der Waals surface area contributed by atoms with Gasteiger partial charge in [-0.25, -0.2) is 0 Å². The summed E-state index contributed by atoms with van der Waals surface area (Å²) in [6.07, 6.45) is 0.0235. The van der Waals surface area contributed by atoms with Gasteiger partial charge in [0.2, 0.25) is 5.91 Å². The molecule has 2 N–H and O–H groups in total. The Balaban J connectivity index is 2.21. The summed E-state index contributed by atoms with van der Waals surface area (Å²) in [5.41, 5.74) is 3.04. The number of hydrogen-bond donors (Lipinski definition) is 2. The zero-order chi connectivity index (χ0) is 13.1. The predicted octanol–water partition coefficient (Wildman–Crippen LogP) is 0.968. The number of esters is 1. The summed E-state index contributed by atoms with van der Waals surface area (Å²) < 4.78 is 4.59. The Bertz CT molecular complexity index is 485. The molecule has 0 saturated heterocycles. The molecule has 1 aliphatic rings. The van der Waals surface area contributed by atoms with E-state index in [0.717, 1.165) is 16.8 Å². The Hall–Kier alpha value is -2.04. The summed E-state index contributed by atoms with van der Waals surface area (Å²) in [6, 6.07) is 5.33. The zero-order valence-corrected chi connectivity index (χ0v) is 10.4. The van der Waals surface area contributed by atoms with Gasteiger partial charge < -0.3 is 15.4 Å². The fourth-order valence-corrected chi connectivity index (χ4v) is 1.96. The number of amides is 1. The van der Waals surface area contributed by atoms with E-state index in [9.17, 15) is 9.59 Å². The van der Waals surface area contributed by atoms with Crippen LogP contribution >= 0.6 is 0 Å². The number of carbonyl (C=O) groups is 2. The third kappa shape index (κ3) is 2.61. The zero-order valence-electron chi connectivity index (χ0n) is 10.4. The second-order valence-electron chi connectivity index (χ2n) is 4.36. The first-order valence-electron chi connectivity index (χ1n) is 5.80. The van der Waals surface area contributed by atoms with Crippen molar-refractivity contribution in [3.05, 3.63) is 29.3 Å². The lowest BCUT2D eigenvalue weighted by Gasteiger charge is -2.15. The third-order valence-electron chi connectivity index (χ3n) is 2.96. The molecule has 0 radical (unpaired) electrons. The molecule has 0 fully saturated rings. The van der Waals surface area contributed by atoms with Crippen LogP contribution in [0.1, 0.15) is 17.5 Å². The van der Waals surface area contributed by atoms with Gasteiger partial charge in [0.25, 0.3) is 0 Å². The molecule has 1 unspecified atom stereocenters. The molecule has 0 bridgehead atoms. The van der Waals surface area contributed by atoms with E-state index in [1.165, 1.54) is 7.11 Å². The number of aryl methyl sites for hydroxylation is 1. The summed E-state index contributed by atoms with van der Waals surface area (Å²) in [5, 5.41) is 5.89. The highest BCUT2D eigenvalue weighted by atomic mass is 16.5. The SMILES string of the molecule is COC(=O)CC1Nc2ccc(C)cc2CNC1=O. The third-order valence-corrected chi connectivity index (χ3v) is 2.96. The summed E-state index contributed by atoms with van der Waals surface area (Å²) in [5.74, 6) is -0.590. The molecule has 1 aromatic carbocycles. The Kier molecular flexibility index (Phi) is 3.50. The molecule has 2 rings (SSSR count). The van der Waals surface area contributed by atoms with E-state index in [4.69, 9.17) is 0 Å². The van der Waals surface area contributed by atoms with E-state index < -0.39 is 12.0 Å². The highest BCUT2D eigenvalue weighted by molar-refractivity contribution is 5.90. The maximum Gasteiger partial charge on any atom is 0.308 e. The first-order chi connectivity index (χ1) is 8.60. The Morgan fingerprint density at radius 3 is 3.00 bits per heavy atom. The summed E-state index contributed by atoms with van der Waals surface area (Å²) >= 11 is 0. The van der Waals surface area contributed by atoms with Crippen LogP contribution in [0.2, 0.25) is 0 Å². The minimum absolute atomic E-state index is 0.0235. The van der Waals surface area contributed by atoms with Gasteiger partial charge in [-0.05, 0) is 18.6 Å². The summed E-state index contributed by atoms with van der Waals surface area (Å²) in [4.78, 5) is 23.1. The van der Waals surface area contributed by atoms with Gasteiger partial charge in [0.1, 0.15) is 6.04 Å². The fourth-order valence-electron chi connectivity index (χ4n) is 1.96. The maximum atomic E-state index is 11.8. The number of nitrogens with one attached hydrogen (secondary N) is 2. The second kappa shape index (κ2) is 5.08. The van der Waals surface area contributed by atoms with Gasteiger partial charge in [0.15, 0.2) is 0 Å². The number of ether oxygens (including phenoxy) is 1. The van der Waals surface area contributed by atoms with E-state index >= 15 is 0 Å². The fraction of sp³-hybridized carbons (Fsp3) is 0.385. The van der Waals surface area contributed by atoms with Crippen molar-refractivity contribution in [2.75, 3.05) is 12.4 Å². The number of rotatable bonds is 2. The van der Waals surface area contributed by atoms with E-state index in [1.807, 2.05) is 25.1 Å². The first-order valence-corrected chi connectivity index (χ1v) is 5.80. The van der Waals surface area contributed by atoms with E-state index in [0.29, 0.717) is 6.54 Å². The second-order valence-corrected chi connectivity index (χ2v) is 4.36. The Labute approximate surface area is 106 Å². The molecule has 0 saturated carbocycles. The van der Waals surface area contributed by atoms with Gasteiger partial charge in [0.05, 0.1) is 13.5 Å². The predicted molar refractivity (Wildman–Crippen MR) is 67.1 cm³/mol. The number of anilines is 1. The Morgan fingerprint density at radius 2 is 2.28 bits per heavy atom. The molecule has 0 spiro atoms. The van der Waals surface area contributed by atoms with E-state index in [-0.39, 0.29) is 12.3 Å². The van der Waals surface area contributed by atoms with Crippen molar-refractivity contribution in [1.29, 1.82) is 0 Å². The van der Waals surface area contributed by atoms with Crippen molar-refractivity contribution in [1.82, 2.24) is 5.32 Å². The smallest absolute Gasteiger partial charge is 0.308 e. The van der Waals surface area contributed by atoms with E-state index in [1.54, 1.807) is 0 Å². The molecule has 1 aromatic rings. The molecule has 18 heavy (non-hydrogen) atoms. The largest absolute Gasteiger partial charge is 0.469 e. The number of carbonyl (C=O) groups excluding carboxylic acids is 2. The van der Waals surface area contributed by atoms with Gasteiger partial charge in [-0.2, -0.15) is 0 Å². The minimum atomic E-state index is -0.582. The van der Waals surface area contributed by atoms with E-state index in [2.05, 4.69) is 15.4 Å². The van der Waals surface area contributed by atoms with Gasteiger partial charge in [-0.15, -0.1) is 0 Å². The van der Waals surface area contributed by atoms with Gasteiger partial charge in [0, 0.05) is 12.2 Å². The average molecular weight is 248 g/mol. The van der Waals surface area contributed by atoms with Crippen LogP contribution in [-0.2, 0) is 20.9 Å². The lowest BCUT2D eigenvalue weighted by molar-refractivity contribution is -0.142. The number of methoxy groups -OCH3 is 1. The van der Waals surface area contributed by atoms with Crippen LogP contribution in [0, 0.1) is 6.92 Å². The quantitative estimate of drug-likeness (QED) is 0.765. The van der Waals surface area contributed by atoms with Crippen LogP contribution in [0.3, 0.4) is 0 Å². The molecule has 0 aliphatic carbocycles. The number of benzene rings is 1. The lowest BCUT2D eigenvalue weighted by Crippen LogP contribution is -2.38. The van der Waals surface area contributed by atoms with Crippen LogP contribution in [0.4, 0.5) is 5.69 Å². The molecular weight excluding hydrogens is 232 g/mol. The lowest BCUT2D eigenvalue weighted by atomic mass is 10.1. The standard InChI is InChI=1S/C13H16N2O3/c1-8-3-4-10-9(5-8)7-14-13(17)11(15-10)6-12(16)18-2/h3-5,11,15H,6-7H2,1-2H3,(H,14,17). The van der Waals surface area contributed by atoms with Crippen LogP contribution in [-0.4, -0.2) is 25.0 Å². The highest BCUT2D eigenvalue weighted by Crippen LogP contribution is 2.21. The molecule has 5 nitrogen and oxygen atoms in total. The molecule has 1 heterocycles. The average Bonchev–Trinajstić information content (AvgIpc) is 2.50. The van der Waals surface area contributed by atoms with Crippen LogP contribution in [0.15, 0.2) is 18.2 Å². The maximum absolute atomic E-state index is 11.8. The summed E-state index contributed by atoms with van der Waals surface area (Å²) in [7, 11) is 1.31. The van der Waals surface area contributed by atoms with Crippen molar-refractivity contribution in [2.45, 2.75) is 25.9 Å². The van der Waals surface area contributed by atoms with Crippen LogP contribution < -0.4 is 10.6 Å². The number of fused-ring (bicyclic) bond motifs is 1. The normalized spacial score (nSPS) is 18.1. The summed E-state index contributed by atoms with van der Waals surface area (Å²) in [6.45, 7) is 2.47. The molecular formula is C13H16N2O3. The topological polar surface area (TPSA) is 67.4 Å². The molecule has 0 aromatic heterocycles. The van der Waals surface area contributed by atoms with Gasteiger partial charge in [-0.3, -0.25) is 9.59 Å². The minimum Gasteiger partial charge on any atom is -0.469 e. The van der Waals surface area contributed by atoms with Gasteiger partial charge in [-0.1, -0.05) is 17.7 Å². The molecule has 1 atom stereocenters. The molecule has 96 valence electrons. The van der Waals surface area contributed by atoms with Crippen LogP contribution in [0.25, 0.3) is 0 Å². The Morgan fingerprint density at radius 1 is 1.50 bits per heavy atom. The monoisotopic (exact) mass is 248 g/mol. The van der Waals surface area contributed by atoms with Crippen molar-refractivity contribution in [2.24, 2.45) is 0 Å².